The fraction of sp³-hybridized carbons (Fsp3) is 0.500. The molecule has 2 N–H and O–H groups in total. The number of rotatable bonds is 4. The van der Waals surface area contributed by atoms with E-state index in [4.69, 9.17) is 0 Å². The van der Waals surface area contributed by atoms with E-state index in [1.165, 1.54) is 19.3 Å². The van der Waals surface area contributed by atoms with E-state index in [-0.39, 0.29) is 18.0 Å². The fourth-order valence-electron chi connectivity index (χ4n) is 4.00. The van der Waals surface area contributed by atoms with Gasteiger partial charge in [0.15, 0.2) is 5.69 Å². The van der Waals surface area contributed by atoms with E-state index < -0.39 is 0 Å². The highest BCUT2D eigenvalue weighted by atomic mass is 16.2. The van der Waals surface area contributed by atoms with Crippen molar-refractivity contribution in [1.82, 2.24) is 30.3 Å². The zero-order valence-corrected chi connectivity index (χ0v) is 16.1. The van der Waals surface area contributed by atoms with Crippen LogP contribution < -0.4 is 10.6 Å². The van der Waals surface area contributed by atoms with Crippen LogP contribution in [0.1, 0.15) is 59.4 Å². The van der Waals surface area contributed by atoms with Gasteiger partial charge in [0.1, 0.15) is 0 Å². The minimum Gasteiger partial charge on any atom is -0.346 e. The van der Waals surface area contributed by atoms with Crippen LogP contribution in [0.15, 0.2) is 24.5 Å². The van der Waals surface area contributed by atoms with E-state index in [1.807, 2.05) is 19.2 Å². The van der Waals surface area contributed by atoms with E-state index in [0.717, 1.165) is 29.7 Å². The number of aryl methyl sites for hydroxylation is 1. The Morgan fingerprint density at radius 1 is 1.21 bits per heavy atom. The summed E-state index contributed by atoms with van der Waals surface area (Å²) >= 11 is 0. The summed E-state index contributed by atoms with van der Waals surface area (Å²) in [6.45, 7) is 1.29. The van der Waals surface area contributed by atoms with Gasteiger partial charge in [0, 0.05) is 37.6 Å². The van der Waals surface area contributed by atoms with Crippen molar-refractivity contribution in [3.63, 3.8) is 0 Å². The number of urea groups is 1. The Morgan fingerprint density at radius 2 is 2.04 bits per heavy atom. The normalized spacial score (nSPS) is 16.7. The lowest BCUT2D eigenvalue weighted by molar-refractivity contribution is 0.0943. The van der Waals surface area contributed by atoms with Crippen molar-refractivity contribution in [2.45, 2.75) is 57.8 Å². The standard InChI is InChI=1S/C20H26N6O2/c1-25-17-13-26(20(28)23-15-7-3-2-4-8-15)12-16(17)18(24-25)19(27)22-11-14-6-5-9-21-10-14/h5-6,9-10,15H,2-4,7-8,11-13H2,1H3,(H,22,27)(H,23,28). The van der Waals surface area contributed by atoms with E-state index in [9.17, 15) is 9.59 Å². The molecule has 2 aromatic heterocycles. The third-order valence-corrected chi connectivity index (χ3v) is 5.58. The average molecular weight is 382 g/mol. The van der Waals surface area contributed by atoms with Gasteiger partial charge in [-0.15, -0.1) is 0 Å². The molecular formula is C20H26N6O2. The molecule has 0 unspecified atom stereocenters. The van der Waals surface area contributed by atoms with Crippen LogP contribution in [0.25, 0.3) is 0 Å². The summed E-state index contributed by atoms with van der Waals surface area (Å²) in [6, 6.07) is 3.96. The molecule has 0 bridgehead atoms. The first-order valence-corrected chi connectivity index (χ1v) is 9.89. The van der Waals surface area contributed by atoms with Gasteiger partial charge in [-0.05, 0) is 24.5 Å². The molecule has 0 saturated heterocycles. The predicted octanol–water partition coefficient (Wildman–Crippen LogP) is 2.10. The largest absolute Gasteiger partial charge is 0.346 e. The summed E-state index contributed by atoms with van der Waals surface area (Å²) in [5.74, 6) is -0.227. The summed E-state index contributed by atoms with van der Waals surface area (Å²) in [7, 11) is 1.82. The smallest absolute Gasteiger partial charge is 0.318 e. The molecule has 1 aliphatic heterocycles. The SMILES string of the molecule is Cn1nc(C(=O)NCc2cccnc2)c2c1CN(C(=O)NC1CCCCC1)C2. The molecule has 0 spiro atoms. The molecule has 3 heterocycles. The Balaban J connectivity index is 1.40. The van der Waals surface area contributed by atoms with E-state index in [0.29, 0.717) is 25.3 Å². The molecule has 1 aliphatic carbocycles. The van der Waals surface area contributed by atoms with Crippen molar-refractivity contribution in [2.75, 3.05) is 0 Å². The maximum atomic E-state index is 12.7. The van der Waals surface area contributed by atoms with Gasteiger partial charge in [-0.25, -0.2) is 4.79 Å². The Labute approximate surface area is 164 Å². The molecule has 2 aliphatic rings. The number of pyridine rings is 1. The summed E-state index contributed by atoms with van der Waals surface area (Å²) in [4.78, 5) is 31.1. The minimum atomic E-state index is -0.227. The lowest BCUT2D eigenvalue weighted by Gasteiger charge is -2.26. The van der Waals surface area contributed by atoms with Gasteiger partial charge in [0.25, 0.3) is 5.91 Å². The molecule has 0 atom stereocenters. The van der Waals surface area contributed by atoms with Crippen LogP contribution in [0.4, 0.5) is 4.79 Å². The Morgan fingerprint density at radius 3 is 2.79 bits per heavy atom. The molecule has 28 heavy (non-hydrogen) atoms. The van der Waals surface area contributed by atoms with Crippen LogP contribution >= 0.6 is 0 Å². The number of hydrogen-bond donors (Lipinski definition) is 2. The van der Waals surface area contributed by atoms with Gasteiger partial charge in [-0.3, -0.25) is 14.5 Å². The predicted molar refractivity (Wildman–Crippen MR) is 103 cm³/mol. The quantitative estimate of drug-likeness (QED) is 0.847. The maximum absolute atomic E-state index is 12.7. The number of fused-ring (bicyclic) bond motifs is 1. The van der Waals surface area contributed by atoms with Crippen LogP contribution in [0.2, 0.25) is 0 Å². The lowest BCUT2D eigenvalue weighted by atomic mass is 9.96. The molecule has 8 heteroatoms. The number of amides is 3. The second-order valence-electron chi connectivity index (χ2n) is 7.58. The highest BCUT2D eigenvalue weighted by Crippen LogP contribution is 2.26. The Bertz CT molecular complexity index is 857. The number of nitrogens with zero attached hydrogens (tertiary/aromatic N) is 4. The molecule has 8 nitrogen and oxygen atoms in total. The molecule has 1 saturated carbocycles. The summed E-state index contributed by atoms with van der Waals surface area (Å²) in [5.41, 5.74) is 3.08. The van der Waals surface area contributed by atoms with Crippen LogP contribution in [0.3, 0.4) is 0 Å². The molecule has 0 aromatic carbocycles. The zero-order valence-electron chi connectivity index (χ0n) is 16.1. The number of carbonyl (C=O) groups excluding carboxylic acids is 2. The monoisotopic (exact) mass is 382 g/mol. The Kier molecular flexibility index (Phi) is 5.27. The van der Waals surface area contributed by atoms with Gasteiger partial charge in [0.2, 0.25) is 0 Å². The van der Waals surface area contributed by atoms with Crippen LogP contribution in [0, 0.1) is 0 Å². The van der Waals surface area contributed by atoms with Crippen molar-refractivity contribution in [1.29, 1.82) is 0 Å². The topological polar surface area (TPSA) is 92.2 Å². The van der Waals surface area contributed by atoms with Gasteiger partial charge in [0.05, 0.1) is 18.8 Å². The van der Waals surface area contributed by atoms with Crippen LogP contribution in [-0.2, 0) is 26.7 Å². The van der Waals surface area contributed by atoms with Crippen LogP contribution in [-0.4, -0.2) is 37.6 Å². The lowest BCUT2D eigenvalue weighted by Crippen LogP contribution is -2.43. The first-order valence-electron chi connectivity index (χ1n) is 9.89. The van der Waals surface area contributed by atoms with Gasteiger partial charge < -0.3 is 15.5 Å². The second-order valence-corrected chi connectivity index (χ2v) is 7.58. The molecule has 4 rings (SSSR count). The molecule has 3 amide bonds. The molecular weight excluding hydrogens is 356 g/mol. The number of nitrogens with one attached hydrogen (secondary N) is 2. The van der Waals surface area contributed by atoms with Gasteiger partial charge in [-0.1, -0.05) is 25.3 Å². The first kappa shape index (κ1) is 18.5. The fourth-order valence-corrected chi connectivity index (χ4v) is 4.00. The number of carbonyl (C=O) groups is 2. The zero-order chi connectivity index (χ0) is 19.5. The van der Waals surface area contributed by atoms with Crippen molar-refractivity contribution < 1.29 is 9.59 Å². The van der Waals surface area contributed by atoms with Gasteiger partial charge >= 0.3 is 6.03 Å². The van der Waals surface area contributed by atoms with E-state index >= 15 is 0 Å². The molecule has 148 valence electrons. The van der Waals surface area contributed by atoms with Crippen LogP contribution in [0.5, 0.6) is 0 Å². The summed E-state index contributed by atoms with van der Waals surface area (Å²) in [6.07, 6.45) is 9.13. The highest BCUT2D eigenvalue weighted by Gasteiger charge is 2.32. The number of aromatic nitrogens is 3. The van der Waals surface area contributed by atoms with E-state index in [2.05, 4.69) is 20.7 Å². The average Bonchev–Trinajstić information content (AvgIpc) is 3.28. The molecule has 1 fully saturated rings. The van der Waals surface area contributed by atoms with Gasteiger partial charge in [-0.2, -0.15) is 5.10 Å². The van der Waals surface area contributed by atoms with E-state index in [1.54, 1.807) is 22.0 Å². The maximum Gasteiger partial charge on any atom is 0.318 e. The minimum absolute atomic E-state index is 0.0511. The van der Waals surface area contributed by atoms with Crippen molar-refractivity contribution in [3.05, 3.63) is 47.0 Å². The first-order chi connectivity index (χ1) is 13.6. The van der Waals surface area contributed by atoms with Crippen molar-refractivity contribution in [2.24, 2.45) is 7.05 Å². The van der Waals surface area contributed by atoms with Crippen molar-refractivity contribution in [3.8, 4) is 0 Å². The second kappa shape index (κ2) is 8.00. The third-order valence-electron chi connectivity index (χ3n) is 5.58. The summed E-state index contributed by atoms with van der Waals surface area (Å²) < 4.78 is 1.71. The molecule has 0 radical (unpaired) electrons. The Hall–Kier alpha value is -2.90. The number of hydrogen-bond acceptors (Lipinski definition) is 4. The third kappa shape index (κ3) is 3.85. The molecule has 2 aromatic rings. The highest BCUT2D eigenvalue weighted by molar-refractivity contribution is 5.94. The summed E-state index contributed by atoms with van der Waals surface area (Å²) in [5, 5.41) is 10.4. The van der Waals surface area contributed by atoms with Crippen molar-refractivity contribution >= 4 is 11.9 Å².